The summed E-state index contributed by atoms with van der Waals surface area (Å²) in [5.74, 6) is 1.76. The third-order valence-electron chi connectivity index (χ3n) is 3.22. The van der Waals surface area contributed by atoms with Crippen molar-refractivity contribution in [1.29, 1.82) is 0 Å². The Morgan fingerprint density at radius 2 is 2.45 bits per heavy atom. The molecule has 0 aliphatic heterocycles. The monoisotopic (exact) mass is 148 g/mol. The molecule has 1 saturated carbocycles. The minimum absolute atomic E-state index is 0.833. The van der Waals surface area contributed by atoms with Crippen molar-refractivity contribution in [2.75, 3.05) is 0 Å². The van der Waals surface area contributed by atoms with Gasteiger partial charge in [0.1, 0.15) is 0 Å². The highest BCUT2D eigenvalue weighted by Crippen LogP contribution is 2.47. The number of hydrogen-bond donors (Lipinski definition) is 0. The summed E-state index contributed by atoms with van der Waals surface area (Å²) in [5, 5.41) is 0. The molecule has 0 aromatic rings. The van der Waals surface area contributed by atoms with E-state index in [9.17, 15) is 0 Å². The van der Waals surface area contributed by atoms with Crippen molar-refractivity contribution in [3.8, 4) is 0 Å². The zero-order valence-electron chi connectivity index (χ0n) is 7.43. The van der Waals surface area contributed by atoms with Crippen molar-refractivity contribution < 1.29 is 0 Å². The Morgan fingerprint density at radius 3 is 2.91 bits per heavy atom. The third kappa shape index (κ3) is 0.962. The van der Waals surface area contributed by atoms with Crippen LogP contribution in [-0.2, 0) is 0 Å². The van der Waals surface area contributed by atoms with Crippen LogP contribution in [-0.4, -0.2) is 0 Å². The van der Waals surface area contributed by atoms with Gasteiger partial charge in [-0.15, -0.1) is 0 Å². The number of fused-ring (bicyclic) bond motifs is 2. The molecule has 0 aromatic heterocycles. The van der Waals surface area contributed by atoms with Crippen LogP contribution >= 0.6 is 0 Å². The van der Waals surface area contributed by atoms with Gasteiger partial charge in [0.2, 0.25) is 0 Å². The Labute approximate surface area is 69.0 Å². The first-order chi connectivity index (χ1) is 5.35. The Kier molecular flexibility index (Phi) is 1.63. The third-order valence-corrected chi connectivity index (χ3v) is 3.22. The smallest absolute Gasteiger partial charge is 0.00146 e. The lowest BCUT2D eigenvalue weighted by Crippen LogP contribution is -1.97. The van der Waals surface area contributed by atoms with Crippen LogP contribution in [0.2, 0.25) is 0 Å². The zero-order valence-corrected chi connectivity index (χ0v) is 7.43. The number of rotatable bonds is 1. The van der Waals surface area contributed by atoms with Crippen molar-refractivity contribution in [3.63, 3.8) is 0 Å². The van der Waals surface area contributed by atoms with Gasteiger partial charge in [0, 0.05) is 0 Å². The molecule has 1 fully saturated rings. The molecule has 0 N–H and O–H groups in total. The van der Waals surface area contributed by atoms with Crippen LogP contribution in [0.25, 0.3) is 0 Å². The molecule has 0 saturated heterocycles. The fraction of sp³-hybridized carbons (Fsp3) is 0.636. The second kappa shape index (κ2) is 2.51. The highest BCUT2D eigenvalue weighted by atomic mass is 14.4. The molecule has 0 aromatic carbocycles. The van der Waals surface area contributed by atoms with E-state index < -0.39 is 0 Å². The summed E-state index contributed by atoms with van der Waals surface area (Å²) >= 11 is 0. The molecule has 2 aliphatic rings. The van der Waals surface area contributed by atoms with Gasteiger partial charge in [0.05, 0.1) is 0 Å². The maximum Gasteiger partial charge on any atom is -0.00146 e. The van der Waals surface area contributed by atoms with Crippen LogP contribution in [0.15, 0.2) is 23.3 Å². The first kappa shape index (κ1) is 7.15. The quantitative estimate of drug-likeness (QED) is 0.500. The molecule has 0 radical (unpaired) electrons. The van der Waals surface area contributed by atoms with Crippen molar-refractivity contribution in [3.05, 3.63) is 23.3 Å². The van der Waals surface area contributed by atoms with E-state index in [4.69, 9.17) is 0 Å². The first-order valence-electron chi connectivity index (χ1n) is 4.70. The van der Waals surface area contributed by atoms with E-state index in [0.29, 0.717) is 0 Å². The Balaban J connectivity index is 2.22. The lowest BCUT2D eigenvalue weighted by Gasteiger charge is -2.12. The van der Waals surface area contributed by atoms with E-state index in [-0.39, 0.29) is 0 Å². The summed E-state index contributed by atoms with van der Waals surface area (Å²) in [6, 6.07) is 0. The van der Waals surface area contributed by atoms with Gasteiger partial charge >= 0.3 is 0 Å². The van der Waals surface area contributed by atoms with Gasteiger partial charge in [-0.1, -0.05) is 30.2 Å². The molecule has 0 spiro atoms. The molecule has 0 heterocycles. The van der Waals surface area contributed by atoms with Gasteiger partial charge in [-0.05, 0) is 38.0 Å². The summed E-state index contributed by atoms with van der Waals surface area (Å²) in [4.78, 5) is 0. The van der Waals surface area contributed by atoms with Gasteiger partial charge in [-0.25, -0.2) is 0 Å². The molecule has 2 rings (SSSR count). The second-order valence-corrected chi connectivity index (χ2v) is 3.70. The zero-order chi connectivity index (χ0) is 7.84. The van der Waals surface area contributed by atoms with Gasteiger partial charge in [0.15, 0.2) is 0 Å². The fourth-order valence-electron chi connectivity index (χ4n) is 2.57. The van der Waals surface area contributed by atoms with Crippen LogP contribution in [0, 0.1) is 11.8 Å². The average molecular weight is 148 g/mol. The van der Waals surface area contributed by atoms with Crippen LogP contribution in [0.3, 0.4) is 0 Å². The van der Waals surface area contributed by atoms with Gasteiger partial charge in [-0.2, -0.15) is 0 Å². The summed E-state index contributed by atoms with van der Waals surface area (Å²) in [6.45, 7) is 4.46. The lowest BCUT2D eigenvalue weighted by molar-refractivity contribution is 0.644. The standard InChI is InChI=1S/C11H16/c1-3-8-5-11-7-10(8)6-9(11)4-2/h3,6,10-11H,4-5,7H2,1-2H3/b8-3+. The van der Waals surface area contributed by atoms with Gasteiger partial charge in [0.25, 0.3) is 0 Å². The topological polar surface area (TPSA) is 0 Å². The van der Waals surface area contributed by atoms with E-state index in [1.165, 1.54) is 19.3 Å². The van der Waals surface area contributed by atoms with Crippen molar-refractivity contribution >= 4 is 0 Å². The minimum atomic E-state index is 0.833. The van der Waals surface area contributed by atoms with Crippen LogP contribution < -0.4 is 0 Å². The predicted octanol–water partition coefficient (Wildman–Crippen LogP) is 3.31. The summed E-state index contributed by atoms with van der Waals surface area (Å²) in [5.41, 5.74) is 3.41. The fourth-order valence-corrected chi connectivity index (χ4v) is 2.57. The SMILES string of the molecule is C/C=C1\CC2CC1C=C2CC. The van der Waals surface area contributed by atoms with E-state index >= 15 is 0 Å². The Hall–Kier alpha value is -0.520. The molecule has 2 atom stereocenters. The molecular weight excluding hydrogens is 132 g/mol. The molecular formula is C11H16. The van der Waals surface area contributed by atoms with Gasteiger partial charge in [-0.3, -0.25) is 0 Å². The highest BCUT2D eigenvalue weighted by Gasteiger charge is 2.34. The number of hydrogen-bond acceptors (Lipinski definition) is 0. The van der Waals surface area contributed by atoms with E-state index in [1.54, 1.807) is 11.1 Å². The summed E-state index contributed by atoms with van der Waals surface area (Å²) < 4.78 is 0. The maximum atomic E-state index is 2.50. The van der Waals surface area contributed by atoms with E-state index in [0.717, 1.165) is 11.8 Å². The van der Waals surface area contributed by atoms with Crippen molar-refractivity contribution in [1.82, 2.24) is 0 Å². The normalized spacial score (nSPS) is 38.4. The Bertz CT molecular complexity index is 220. The predicted molar refractivity (Wildman–Crippen MR) is 48.3 cm³/mol. The summed E-state index contributed by atoms with van der Waals surface area (Å²) in [6.07, 6.45) is 8.87. The van der Waals surface area contributed by atoms with E-state index in [1.807, 2.05) is 0 Å². The highest BCUT2D eigenvalue weighted by molar-refractivity contribution is 5.32. The molecule has 0 nitrogen and oxygen atoms in total. The Morgan fingerprint density at radius 1 is 1.64 bits per heavy atom. The van der Waals surface area contributed by atoms with Crippen molar-refractivity contribution in [2.24, 2.45) is 11.8 Å². The molecule has 2 unspecified atom stereocenters. The molecule has 2 bridgehead atoms. The first-order valence-corrected chi connectivity index (χ1v) is 4.70. The van der Waals surface area contributed by atoms with Crippen LogP contribution in [0.5, 0.6) is 0 Å². The molecule has 2 aliphatic carbocycles. The number of allylic oxidation sites excluding steroid dienone is 4. The largest absolute Gasteiger partial charge is 0.0878 e. The van der Waals surface area contributed by atoms with E-state index in [2.05, 4.69) is 26.0 Å². The van der Waals surface area contributed by atoms with Gasteiger partial charge < -0.3 is 0 Å². The van der Waals surface area contributed by atoms with Crippen LogP contribution in [0.1, 0.15) is 33.1 Å². The molecule has 11 heavy (non-hydrogen) atoms. The maximum absolute atomic E-state index is 2.50. The molecule has 0 heteroatoms. The van der Waals surface area contributed by atoms with Crippen molar-refractivity contribution in [2.45, 2.75) is 33.1 Å². The molecule has 60 valence electrons. The lowest BCUT2D eigenvalue weighted by atomic mass is 9.93. The van der Waals surface area contributed by atoms with Crippen LogP contribution in [0.4, 0.5) is 0 Å². The second-order valence-electron chi connectivity index (χ2n) is 3.70. The summed E-state index contributed by atoms with van der Waals surface area (Å²) in [7, 11) is 0. The molecule has 0 amide bonds. The average Bonchev–Trinajstić information content (AvgIpc) is 2.60. The minimum Gasteiger partial charge on any atom is -0.0878 e.